The van der Waals surface area contributed by atoms with E-state index in [2.05, 4.69) is 10.2 Å². The number of hydrogen-bond acceptors (Lipinski definition) is 5. The molecule has 2 aliphatic rings. The first-order valence-electron chi connectivity index (χ1n) is 8.11. The Balaban J connectivity index is 1.76. The van der Waals surface area contributed by atoms with Crippen LogP contribution in [0.5, 0.6) is 0 Å². The molecule has 8 heteroatoms. The average molecular weight is 399 g/mol. The molecule has 6 nitrogen and oxygen atoms in total. The predicted octanol–water partition coefficient (Wildman–Crippen LogP) is 4.32. The largest absolute Gasteiger partial charge is 0.273 e. The summed E-state index contributed by atoms with van der Waals surface area (Å²) in [6.07, 6.45) is 0. The molecule has 0 N–H and O–H groups in total. The Morgan fingerprint density at radius 3 is 2.22 bits per heavy atom. The molecule has 0 saturated carbocycles. The number of rotatable bonds is 2. The van der Waals surface area contributed by atoms with Crippen LogP contribution in [0.15, 0.2) is 52.7 Å². The lowest BCUT2D eigenvalue weighted by Crippen LogP contribution is -2.37. The minimum atomic E-state index is -1.15. The Hall–Kier alpha value is -2.75. The molecule has 3 atom stereocenters. The number of nitriles is 1. The van der Waals surface area contributed by atoms with Gasteiger partial charge in [0.2, 0.25) is 5.91 Å². The van der Waals surface area contributed by atoms with Crippen LogP contribution in [0.25, 0.3) is 0 Å². The lowest BCUT2D eigenvalue weighted by Gasteiger charge is -2.26. The number of azo groups is 1. The number of anilines is 1. The smallest absolute Gasteiger partial charge is 0.261 e. The highest BCUT2D eigenvalue weighted by molar-refractivity contribution is 6.36. The number of imide groups is 1. The molecule has 134 valence electrons. The highest BCUT2D eigenvalue weighted by Gasteiger charge is 2.64. The van der Waals surface area contributed by atoms with Crippen molar-refractivity contribution in [1.82, 2.24) is 0 Å². The fraction of sp³-hybridized carbons (Fsp3) is 0.211. The second-order valence-corrected chi connectivity index (χ2v) is 7.53. The van der Waals surface area contributed by atoms with E-state index >= 15 is 0 Å². The predicted molar refractivity (Wildman–Crippen MR) is 99.6 cm³/mol. The number of carbonyl (C=O) groups is 2. The maximum atomic E-state index is 13.3. The molecule has 2 amide bonds. The molecule has 2 aliphatic heterocycles. The van der Waals surface area contributed by atoms with Crippen molar-refractivity contribution in [2.24, 2.45) is 15.6 Å². The molecule has 27 heavy (non-hydrogen) atoms. The summed E-state index contributed by atoms with van der Waals surface area (Å²) in [7, 11) is 0. The molecule has 2 heterocycles. The van der Waals surface area contributed by atoms with Crippen molar-refractivity contribution in [1.29, 1.82) is 5.26 Å². The fourth-order valence-corrected chi connectivity index (χ4v) is 4.11. The first-order chi connectivity index (χ1) is 12.9. The maximum Gasteiger partial charge on any atom is 0.261 e. The molecule has 4 rings (SSSR count). The van der Waals surface area contributed by atoms with Crippen LogP contribution in [0.1, 0.15) is 24.1 Å². The van der Waals surface area contributed by atoms with Crippen LogP contribution in [-0.2, 0) is 9.59 Å². The van der Waals surface area contributed by atoms with Gasteiger partial charge < -0.3 is 0 Å². The summed E-state index contributed by atoms with van der Waals surface area (Å²) in [5, 5.41) is 17.9. The van der Waals surface area contributed by atoms with E-state index in [-0.39, 0.29) is 0 Å². The van der Waals surface area contributed by atoms with E-state index in [1.807, 2.05) is 6.07 Å². The molecular formula is C19H12Cl2N4O2. The van der Waals surface area contributed by atoms with Crippen LogP contribution in [0, 0.1) is 16.7 Å². The molecule has 0 aromatic heterocycles. The summed E-state index contributed by atoms with van der Waals surface area (Å²) in [5.74, 6) is -0.865. The standard InChI is InChI=1S/C19H12Cl2N4O2/c1-19-15(11-4-2-10(9-22)3-5-11)23-24-16(19)17(26)25(18(19)27)14-7-12(20)6-13(21)8-14/h2-8,15-16H,1H3. The van der Waals surface area contributed by atoms with Crippen LogP contribution in [-0.4, -0.2) is 17.9 Å². The van der Waals surface area contributed by atoms with Crippen molar-refractivity contribution in [2.75, 3.05) is 4.90 Å². The second kappa shape index (κ2) is 6.15. The molecule has 0 spiro atoms. The molecule has 1 saturated heterocycles. The highest BCUT2D eigenvalue weighted by Crippen LogP contribution is 2.52. The SMILES string of the molecule is CC12C(=O)N(c3cc(Cl)cc(Cl)c3)C(=O)C1N=NC2c1ccc(C#N)cc1. The van der Waals surface area contributed by atoms with Gasteiger partial charge in [-0.15, -0.1) is 0 Å². The van der Waals surface area contributed by atoms with Gasteiger partial charge in [-0.25, -0.2) is 4.90 Å². The molecule has 0 bridgehead atoms. The Morgan fingerprint density at radius 1 is 1.04 bits per heavy atom. The number of fused-ring (bicyclic) bond motifs is 1. The molecular weight excluding hydrogens is 387 g/mol. The van der Waals surface area contributed by atoms with E-state index in [1.165, 1.54) is 18.2 Å². The monoisotopic (exact) mass is 398 g/mol. The van der Waals surface area contributed by atoms with E-state index in [0.29, 0.717) is 21.3 Å². The average Bonchev–Trinajstić information content (AvgIpc) is 3.07. The Kier molecular flexibility index (Phi) is 4.02. The topological polar surface area (TPSA) is 85.9 Å². The van der Waals surface area contributed by atoms with Gasteiger partial charge in [-0.2, -0.15) is 15.5 Å². The summed E-state index contributed by atoms with van der Waals surface area (Å²) >= 11 is 12.1. The van der Waals surface area contributed by atoms with Gasteiger partial charge in [-0.3, -0.25) is 9.59 Å². The first-order valence-corrected chi connectivity index (χ1v) is 8.86. The fourth-order valence-electron chi connectivity index (χ4n) is 3.59. The van der Waals surface area contributed by atoms with Gasteiger partial charge >= 0.3 is 0 Å². The summed E-state index contributed by atoms with van der Waals surface area (Å²) < 4.78 is 0. The molecule has 0 aliphatic carbocycles. The minimum Gasteiger partial charge on any atom is -0.273 e. The number of amides is 2. The third kappa shape index (κ3) is 2.54. The van der Waals surface area contributed by atoms with Crippen LogP contribution in [0.4, 0.5) is 5.69 Å². The van der Waals surface area contributed by atoms with Gasteiger partial charge in [-0.05, 0) is 42.8 Å². The Labute approximate surface area is 165 Å². The van der Waals surface area contributed by atoms with Gasteiger partial charge in [0.05, 0.1) is 17.3 Å². The zero-order valence-corrected chi connectivity index (χ0v) is 15.6. The third-order valence-corrected chi connectivity index (χ3v) is 5.45. The number of carbonyl (C=O) groups excluding carboxylic acids is 2. The summed E-state index contributed by atoms with van der Waals surface area (Å²) in [4.78, 5) is 27.3. The number of hydrogen-bond donors (Lipinski definition) is 0. The zero-order chi connectivity index (χ0) is 19.3. The summed E-state index contributed by atoms with van der Waals surface area (Å²) in [6.45, 7) is 1.69. The van der Waals surface area contributed by atoms with Crippen molar-refractivity contribution < 1.29 is 9.59 Å². The highest BCUT2D eigenvalue weighted by atomic mass is 35.5. The van der Waals surface area contributed by atoms with Crippen LogP contribution in [0.2, 0.25) is 10.0 Å². The van der Waals surface area contributed by atoms with Crippen LogP contribution < -0.4 is 4.90 Å². The quantitative estimate of drug-likeness (QED) is 0.705. The van der Waals surface area contributed by atoms with Gasteiger partial charge in [0.25, 0.3) is 5.91 Å². The van der Waals surface area contributed by atoms with Crippen molar-refractivity contribution in [3.63, 3.8) is 0 Å². The lowest BCUT2D eigenvalue weighted by atomic mass is 9.76. The molecule has 1 fully saturated rings. The van der Waals surface area contributed by atoms with Crippen LogP contribution >= 0.6 is 23.2 Å². The molecule has 0 radical (unpaired) electrons. The van der Waals surface area contributed by atoms with Gasteiger partial charge in [0.15, 0.2) is 6.04 Å². The van der Waals surface area contributed by atoms with Crippen molar-refractivity contribution in [3.8, 4) is 6.07 Å². The minimum absolute atomic E-state index is 0.312. The third-order valence-electron chi connectivity index (χ3n) is 5.01. The zero-order valence-electron chi connectivity index (χ0n) is 14.1. The number of halogens is 2. The number of benzene rings is 2. The maximum absolute atomic E-state index is 13.3. The van der Waals surface area contributed by atoms with Crippen molar-refractivity contribution >= 4 is 40.7 Å². The van der Waals surface area contributed by atoms with Crippen molar-refractivity contribution in [3.05, 3.63) is 63.6 Å². The van der Waals surface area contributed by atoms with Gasteiger partial charge in [0, 0.05) is 10.0 Å². The van der Waals surface area contributed by atoms with Crippen molar-refractivity contribution in [2.45, 2.75) is 19.0 Å². The summed E-state index contributed by atoms with van der Waals surface area (Å²) in [5.41, 5.74) is 0.376. The Bertz CT molecular complexity index is 1020. The summed E-state index contributed by atoms with van der Waals surface area (Å²) in [6, 6.07) is 11.8. The van der Waals surface area contributed by atoms with E-state index < -0.39 is 29.3 Å². The molecule has 3 unspecified atom stereocenters. The van der Waals surface area contributed by atoms with E-state index in [0.717, 1.165) is 10.5 Å². The first kappa shape index (κ1) is 17.7. The normalized spacial score (nSPS) is 26.4. The van der Waals surface area contributed by atoms with E-state index in [4.69, 9.17) is 28.5 Å². The number of nitrogens with zero attached hydrogens (tertiary/aromatic N) is 4. The van der Waals surface area contributed by atoms with E-state index in [1.54, 1.807) is 31.2 Å². The van der Waals surface area contributed by atoms with Gasteiger partial charge in [-0.1, -0.05) is 35.3 Å². The second-order valence-electron chi connectivity index (χ2n) is 6.66. The molecule has 2 aromatic rings. The lowest BCUT2D eigenvalue weighted by molar-refractivity contribution is -0.125. The van der Waals surface area contributed by atoms with Gasteiger partial charge in [0.1, 0.15) is 11.5 Å². The van der Waals surface area contributed by atoms with E-state index in [9.17, 15) is 9.59 Å². The molecule has 2 aromatic carbocycles. The van der Waals surface area contributed by atoms with Crippen LogP contribution in [0.3, 0.4) is 0 Å². The Morgan fingerprint density at radius 2 is 1.63 bits per heavy atom.